The van der Waals surface area contributed by atoms with Crippen LogP contribution in [0.3, 0.4) is 0 Å². The van der Waals surface area contributed by atoms with Crippen molar-refractivity contribution in [3.63, 3.8) is 0 Å². The van der Waals surface area contributed by atoms with Crippen molar-refractivity contribution >= 4 is 6.09 Å². The van der Waals surface area contributed by atoms with Crippen molar-refractivity contribution in [2.75, 3.05) is 13.1 Å². The van der Waals surface area contributed by atoms with Crippen LogP contribution < -0.4 is 0 Å². The molecule has 0 radical (unpaired) electrons. The van der Waals surface area contributed by atoms with Gasteiger partial charge in [0.1, 0.15) is 5.60 Å². The van der Waals surface area contributed by atoms with Crippen molar-refractivity contribution in [3.8, 4) is 0 Å². The third kappa shape index (κ3) is 3.72. The average Bonchev–Trinajstić information content (AvgIpc) is 2.75. The predicted octanol–water partition coefficient (Wildman–Crippen LogP) is 3.72. The van der Waals surface area contributed by atoms with Crippen LogP contribution in [0.25, 0.3) is 0 Å². The fourth-order valence-corrected chi connectivity index (χ4v) is 2.45. The molecular formula is C16H23NO2. The van der Waals surface area contributed by atoms with Gasteiger partial charge in [-0.3, -0.25) is 0 Å². The lowest BCUT2D eigenvalue weighted by Gasteiger charge is -2.24. The van der Waals surface area contributed by atoms with E-state index in [0.29, 0.717) is 5.92 Å². The molecule has 1 aliphatic heterocycles. The second-order valence-corrected chi connectivity index (χ2v) is 6.33. The van der Waals surface area contributed by atoms with Gasteiger partial charge in [0.2, 0.25) is 0 Å². The van der Waals surface area contributed by atoms with Crippen molar-refractivity contribution in [2.24, 2.45) is 0 Å². The van der Waals surface area contributed by atoms with Crippen LogP contribution in [0.1, 0.15) is 44.2 Å². The smallest absolute Gasteiger partial charge is 0.410 e. The summed E-state index contributed by atoms with van der Waals surface area (Å²) >= 11 is 0. The highest BCUT2D eigenvalue weighted by molar-refractivity contribution is 5.68. The Morgan fingerprint density at radius 1 is 1.37 bits per heavy atom. The zero-order chi connectivity index (χ0) is 14.0. The summed E-state index contributed by atoms with van der Waals surface area (Å²) in [6.45, 7) is 9.35. The van der Waals surface area contributed by atoms with E-state index in [2.05, 4.69) is 31.2 Å². The highest BCUT2D eigenvalue weighted by Gasteiger charge is 2.30. The van der Waals surface area contributed by atoms with E-state index in [-0.39, 0.29) is 6.09 Å². The molecule has 1 saturated heterocycles. The average molecular weight is 261 g/mol. The molecule has 1 atom stereocenters. The van der Waals surface area contributed by atoms with E-state index in [1.54, 1.807) is 0 Å². The highest BCUT2D eigenvalue weighted by atomic mass is 16.6. The minimum atomic E-state index is -0.418. The van der Waals surface area contributed by atoms with Crippen molar-refractivity contribution in [3.05, 3.63) is 35.4 Å². The van der Waals surface area contributed by atoms with E-state index in [4.69, 9.17) is 4.74 Å². The summed E-state index contributed by atoms with van der Waals surface area (Å²) in [6.07, 6.45) is 0.825. The summed E-state index contributed by atoms with van der Waals surface area (Å²) in [6, 6.07) is 8.55. The lowest BCUT2D eigenvalue weighted by Crippen LogP contribution is -2.35. The molecule has 1 amide bonds. The summed E-state index contributed by atoms with van der Waals surface area (Å²) in [7, 11) is 0. The van der Waals surface area contributed by atoms with Crippen LogP contribution in [0, 0.1) is 6.92 Å². The van der Waals surface area contributed by atoms with Gasteiger partial charge in [0, 0.05) is 19.0 Å². The Hall–Kier alpha value is -1.51. The molecule has 0 spiro atoms. The largest absolute Gasteiger partial charge is 0.444 e. The van der Waals surface area contributed by atoms with Gasteiger partial charge in [-0.25, -0.2) is 4.79 Å². The lowest BCUT2D eigenvalue weighted by molar-refractivity contribution is 0.0292. The van der Waals surface area contributed by atoms with Gasteiger partial charge in [-0.1, -0.05) is 29.8 Å². The molecule has 2 rings (SSSR count). The molecule has 19 heavy (non-hydrogen) atoms. The number of hydrogen-bond acceptors (Lipinski definition) is 2. The molecular weight excluding hydrogens is 238 g/mol. The van der Waals surface area contributed by atoms with Crippen LogP contribution in [-0.4, -0.2) is 29.7 Å². The SMILES string of the molecule is Cc1cccc(C2CCN(C(=O)OC(C)(C)C)C2)c1. The zero-order valence-electron chi connectivity index (χ0n) is 12.3. The molecule has 0 aromatic heterocycles. The molecule has 1 heterocycles. The van der Waals surface area contributed by atoms with E-state index in [1.165, 1.54) is 11.1 Å². The van der Waals surface area contributed by atoms with E-state index in [9.17, 15) is 4.79 Å². The van der Waals surface area contributed by atoms with E-state index in [0.717, 1.165) is 19.5 Å². The molecule has 0 saturated carbocycles. The monoisotopic (exact) mass is 261 g/mol. The zero-order valence-corrected chi connectivity index (χ0v) is 12.3. The summed E-state index contributed by atoms with van der Waals surface area (Å²) in [5.41, 5.74) is 2.18. The van der Waals surface area contributed by atoms with Crippen LogP contribution in [0.15, 0.2) is 24.3 Å². The number of carbonyl (C=O) groups excluding carboxylic acids is 1. The third-order valence-electron chi connectivity index (χ3n) is 3.35. The highest BCUT2D eigenvalue weighted by Crippen LogP contribution is 2.28. The first kappa shape index (κ1) is 13.9. The normalized spacial score (nSPS) is 19.6. The Morgan fingerprint density at radius 2 is 2.11 bits per heavy atom. The standard InChI is InChI=1S/C16H23NO2/c1-12-6-5-7-13(10-12)14-8-9-17(11-14)15(18)19-16(2,3)4/h5-7,10,14H,8-9,11H2,1-4H3. The molecule has 3 nitrogen and oxygen atoms in total. The minimum Gasteiger partial charge on any atom is -0.444 e. The summed E-state index contributed by atoms with van der Waals surface area (Å²) in [4.78, 5) is 13.8. The van der Waals surface area contributed by atoms with Crippen molar-refractivity contribution in [2.45, 2.75) is 45.6 Å². The molecule has 1 aromatic carbocycles. The maximum absolute atomic E-state index is 12.0. The van der Waals surface area contributed by atoms with Crippen LogP contribution in [0.2, 0.25) is 0 Å². The summed E-state index contributed by atoms with van der Waals surface area (Å²) in [5.74, 6) is 0.437. The number of aryl methyl sites for hydroxylation is 1. The summed E-state index contributed by atoms with van der Waals surface area (Å²) in [5, 5.41) is 0. The molecule has 0 aliphatic carbocycles. The van der Waals surface area contributed by atoms with Crippen molar-refractivity contribution in [1.29, 1.82) is 0 Å². The fourth-order valence-electron chi connectivity index (χ4n) is 2.45. The quantitative estimate of drug-likeness (QED) is 0.771. The minimum absolute atomic E-state index is 0.192. The van der Waals surface area contributed by atoms with E-state index < -0.39 is 5.60 Å². The van der Waals surface area contributed by atoms with Crippen molar-refractivity contribution in [1.82, 2.24) is 4.90 Å². The maximum Gasteiger partial charge on any atom is 0.410 e. The van der Waals surface area contributed by atoms with Gasteiger partial charge in [0.15, 0.2) is 0 Å². The number of hydrogen-bond donors (Lipinski definition) is 0. The van der Waals surface area contributed by atoms with Gasteiger partial charge in [-0.2, -0.15) is 0 Å². The van der Waals surface area contributed by atoms with Gasteiger partial charge in [-0.15, -0.1) is 0 Å². The Balaban J connectivity index is 1.98. The van der Waals surface area contributed by atoms with Gasteiger partial charge >= 0.3 is 6.09 Å². The van der Waals surface area contributed by atoms with Crippen LogP contribution in [0.5, 0.6) is 0 Å². The fraction of sp³-hybridized carbons (Fsp3) is 0.562. The van der Waals surface area contributed by atoms with Gasteiger partial charge in [0.25, 0.3) is 0 Å². The van der Waals surface area contributed by atoms with Gasteiger partial charge < -0.3 is 9.64 Å². The van der Waals surface area contributed by atoms with Gasteiger partial charge in [-0.05, 0) is 39.7 Å². The summed E-state index contributed by atoms with van der Waals surface area (Å²) < 4.78 is 5.42. The van der Waals surface area contributed by atoms with Crippen LogP contribution in [0.4, 0.5) is 4.79 Å². The van der Waals surface area contributed by atoms with Crippen LogP contribution in [-0.2, 0) is 4.74 Å². The van der Waals surface area contributed by atoms with E-state index >= 15 is 0 Å². The molecule has 1 fully saturated rings. The molecule has 1 aromatic rings. The number of nitrogens with zero attached hydrogens (tertiary/aromatic N) is 1. The molecule has 104 valence electrons. The van der Waals surface area contributed by atoms with Crippen molar-refractivity contribution < 1.29 is 9.53 Å². The second-order valence-electron chi connectivity index (χ2n) is 6.33. The number of carbonyl (C=O) groups is 1. The Bertz CT molecular complexity index is 462. The van der Waals surface area contributed by atoms with Gasteiger partial charge in [0.05, 0.1) is 0 Å². The molecule has 0 N–H and O–H groups in total. The number of benzene rings is 1. The molecule has 1 unspecified atom stereocenters. The molecule has 3 heteroatoms. The Kier molecular flexibility index (Phi) is 3.83. The Morgan fingerprint density at radius 3 is 2.74 bits per heavy atom. The molecule has 1 aliphatic rings. The maximum atomic E-state index is 12.0. The second kappa shape index (κ2) is 5.24. The first-order chi connectivity index (χ1) is 8.85. The number of amides is 1. The number of likely N-dealkylation sites (tertiary alicyclic amines) is 1. The number of rotatable bonds is 1. The lowest BCUT2D eigenvalue weighted by atomic mass is 9.97. The first-order valence-electron chi connectivity index (χ1n) is 6.89. The predicted molar refractivity (Wildman–Crippen MR) is 76.3 cm³/mol. The topological polar surface area (TPSA) is 29.5 Å². The molecule has 0 bridgehead atoms. The number of ether oxygens (including phenoxy) is 1. The first-order valence-corrected chi connectivity index (χ1v) is 6.89. The Labute approximate surface area is 115 Å². The van der Waals surface area contributed by atoms with Crippen LogP contribution >= 0.6 is 0 Å². The van der Waals surface area contributed by atoms with E-state index in [1.807, 2.05) is 25.7 Å². The third-order valence-corrected chi connectivity index (χ3v) is 3.35.